The Hall–Kier alpha value is -2.43. The summed E-state index contributed by atoms with van der Waals surface area (Å²) < 4.78 is 1.95. The van der Waals surface area contributed by atoms with Gasteiger partial charge < -0.3 is 4.57 Å². The predicted molar refractivity (Wildman–Crippen MR) is 105 cm³/mol. The zero-order valence-corrected chi connectivity index (χ0v) is 15.6. The first-order chi connectivity index (χ1) is 13.2. The van der Waals surface area contributed by atoms with Crippen LogP contribution >= 0.6 is 0 Å². The van der Waals surface area contributed by atoms with Gasteiger partial charge in [-0.25, -0.2) is 10.4 Å². The molecule has 4 fully saturated rings. The highest BCUT2D eigenvalue weighted by molar-refractivity contribution is 5.82. The lowest BCUT2D eigenvalue weighted by Gasteiger charge is -2.56. The molecule has 0 spiro atoms. The van der Waals surface area contributed by atoms with Crippen molar-refractivity contribution in [3.63, 3.8) is 0 Å². The van der Waals surface area contributed by atoms with Crippen LogP contribution in [0.4, 0.5) is 0 Å². The Morgan fingerprint density at radius 3 is 2.41 bits per heavy atom. The van der Waals surface area contributed by atoms with Gasteiger partial charge in [0.05, 0.1) is 12.5 Å². The summed E-state index contributed by atoms with van der Waals surface area (Å²) >= 11 is 0. The number of rotatable bonds is 5. The summed E-state index contributed by atoms with van der Waals surface area (Å²) in [6.07, 6.45) is 15.8. The van der Waals surface area contributed by atoms with E-state index in [-0.39, 0.29) is 11.3 Å². The van der Waals surface area contributed by atoms with E-state index in [0.717, 1.165) is 29.0 Å². The quantitative estimate of drug-likeness (QED) is 0.647. The Bertz CT molecular complexity index is 802. The van der Waals surface area contributed by atoms with Crippen LogP contribution in [0.2, 0.25) is 0 Å². The van der Waals surface area contributed by atoms with E-state index in [0.29, 0.717) is 6.42 Å². The standard InChI is InChI=1S/C22H26N4O/c27-21(13-22-10-17-7-18(11-22)9-19(8-17)12-22)25-24-14-16-1-3-20(4-2-16)26-6-5-23-15-26/h1-6,14-15,17-19H,7-13H2,(H,25,27). The highest BCUT2D eigenvalue weighted by atomic mass is 16.2. The van der Waals surface area contributed by atoms with Gasteiger partial charge in [0.25, 0.3) is 0 Å². The number of benzene rings is 1. The minimum Gasteiger partial charge on any atom is -0.306 e. The summed E-state index contributed by atoms with van der Waals surface area (Å²) in [5.41, 5.74) is 5.05. The molecule has 5 heteroatoms. The van der Waals surface area contributed by atoms with Crippen molar-refractivity contribution in [2.75, 3.05) is 0 Å². The summed E-state index contributed by atoms with van der Waals surface area (Å²) in [6, 6.07) is 8.01. The highest BCUT2D eigenvalue weighted by Gasteiger charge is 2.51. The lowest BCUT2D eigenvalue weighted by molar-refractivity contribution is -0.129. The van der Waals surface area contributed by atoms with E-state index in [1.807, 2.05) is 35.0 Å². The number of nitrogens with zero attached hydrogens (tertiary/aromatic N) is 3. The normalized spacial score (nSPS) is 31.5. The second-order valence-electron chi connectivity index (χ2n) is 8.95. The number of amides is 1. The third-order valence-corrected chi connectivity index (χ3v) is 6.80. The Kier molecular flexibility index (Phi) is 4.10. The molecule has 1 aromatic heterocycles. The molecule has 4 saturated carbocycles. The van der Waals surface area contributed by atoms with Crippen LogP contribution in [-0.2, 0) is 4.79 Å². The van der Waals surface area contributed by atoms with Crippen LogP contribution in [0, 0.1) is 23.2 Å². The van der Waals surface area contributed by atoms with Gasteiger partial charge in [-0.1, -0.05) is 12.1 Å². The molecule has 4 bridgehead atoms. The summed E-state index contributed by atoms with van der Waals surface area (Å²) in [4.78, 5) is 16.5. The lowest BCUT2D eigenvalue weighted by Crippen LogP contribution is -2.47. The Labute approximate surface area is 159 Å². The first-order valence-electron chi connectivity index (χ1n) is 10.1. The molecule has 0 saturated heterocycles. The minimum atomic E-state index is 0.0724. The fraction of sp³-hybridized carbons (Fsp3) is 0.500. The predicted octanol–water partition coefficient (Wildman–Crippen LogP) is 3.93. The van der Waals surface area contributed by atoms with Crippen molar-refractivity contribution >= 4 is 12.1 Å². The van der Waals surface area contributed by atoms with E-state index in [1.165, 1.54) is 38.5 Å². The van der Waals surface area contributed by atoms with E-state index < -0.39 is 0 Å². The molecule has 5 nitrogen and oxygen atoms in total. The van der Waals surface area contributed by atoms with Crippen LogP contribution < -0.4 is 5.43 Å². The maximum Gasteiger partial charge on any atom is 0.240 e. The van der Waals surface area contributed by atoms with Gasteiger partial charge in [0.15, 0.2) is 0 Å². The summed E-state index contributed by atoms with van der Waals surface area (Å²) in [7, 11) is 0. The topological polar surface area (TPSA) is 59.3 Å². The number of aromatic nitrogens is 2. The minimum absolute atomic E-state index is 0.0724. The van der Waals surface area contributed by atoms with Crippen LogP contribution in [0.15, 0.2) is 48.1 Å². The zero-order valence-electron chi connectivity index (χ0n) is 15.6. The Morgan fingerprint density at radius 1 is 1.15 bits per heavy atom. The molecular weight excluding hydrogens is 336 g/mol. The van der Waals surface area contributed by atoms with Gasteiger partial charge in [0, 0.05) is 24.5 Å². The van der Waals surface area contributed by atoms with E-state index in [2.05, 4.69) is 15.5 Å². The first kappa shape index (κ1) is 16.7. The molecule has 0 aliphatic heterocycles. The molecule has 4 aliphatic rings. The molecule has 1 N–H and O–H groups in total. The molecule has 1 heterocycles. The van der Waals surface area contributed by atoms with Crippen molar-refractivity contribution in [2.45, 2.75) is 44.9 Å². The monoisotopic (exact) mass is 362 g/mol. The van der Waals surface area contributed by atoms with Crippen LogP contribution in [0.1, 0.15) is 50.5 Å². The first-order valence-corrected chi connectivity index (χ1v) is 10.1. The molecule has 4 aliphatic carbocycles. The number of imidazole rings is 1. The SMILES string of the molecule is O=C(CC12CC3CC(CC(C3)C1)C2)NN=Cc1ccc(-n2ccnc2)cc1. The van der Waals surface area contributed by atoms with Gasteiger partial charge in [-0.2, -0.15) is 5.10 Å². The molecule has 27 heavy (non-hydrogen) atoms. The van der Waals surface area contributed by atoms with Gasteiger partial charge >= 0.3 is 0 Å². The maximum absolute atomic E-state index is 12.5. The van der Waals surface area contributed by atoms with Crippen molar-refractivity contribution in [3.8, 4) is 5.69 Å². The van der Waals surface area contributed by atoms with Crippen molar-refractivity contribution < 1.29 is 4.79 Å². The van der Waals surface area contributed by atoms with Crippen LogP contribution in [0.3, 0.4) is 0 Å². The van der Waals surface area contributed by atoms with E-state index >= 15 is 0 Å². The van der Waals surface area contributed by atoms with Crippen molar-refractivity contribution in [1.82, 2.24) is 15.0 Å². The molecule has 1 aromatic carbocycles. The van der Waals surface area contributed by atoms with E-state index in [9.17, 15) is 4.79 Å². The van der Waals surface area contributed by atoms with Crippen LogP contribution in [0.5, 0.6) is 0 Å². The number of hydrogen-bond donors (Lipinski definition) is 1. The van der Waals surface area contributed by atoms with Crippen molar-refractivity contribution in [3.05, 3.63) is 48.5 Å². The van der Waals surface area contributed by atoms with Gasteiger partial charge in [0.2, 0.25) is 5.91 Å². The molecule has 0 unspecified atom stereocenters. The van der Waals surface area contributed by atoms with Gasteiger partial charge in [-0.3, -0.25) is 4.79 Å². The fourth-order valence-electron chi connectivity index (χ4n) is 6.21. The average molecular weight is 362 g/mol. The van der Waals surface area contributed by atoms with E-state index in [4.69, 9.17) is 0 Å². The number of hydrogen-bond acceptors (Lipinski definition) is 3. The Morgan fingerprint density at radius 2 is 1.81 bits per heavy atom. The Balaban J connectivity index is 1.17. The third-order valence-electron chi connectivity index (χ3n) is 6.80. The average Bonchev–Trinajstić information content (AvgIpc) is 3.15. The smallest absolute Gasteiger partial charge is 0.240 e. The zero-order chi connectivity index (χ0) is 18.3. The molecule has 2 aromatic rings. The molecular formula is C22H26N4O. The van der Waals surface area contributed by atoms with E-state index in [1.54, 1.807) is 18.7 Å². The maximum atomic E-state index is 12.5. The number of nitrogens with one attached hydrogen (secondary N) is 1. The molecule has 1 amide bonds. The summed E-state index contributed by atoms with van der Waals surface area (Å²) in [5, 5.41) is 4.19. The molecule has 0 radical (unpaired) electrons. The second-order valence-corrected chi connectivity index (χ2v) is 8.95. The van der Waals surface area contributed by atoms with Gasteiger partial charge in [-0.15, -0.1) is 0 Å². The molecule has 6 rings (SSSR count). The van der Waals surface area contributed by atoms with Crippen molar-refractivity contribution in [2.24, 2.45) is 28.3 Å². The largest absolute Gasteiger partial charge is 0.306 e. The van der Waals surface area contributed by atoms with Gasteiger partial charge in [-0.05, 0) is 79.4 Å². The number of carbonyl (C=O) groups excluding carboxylic acids is 1. The molecule has 140 valence electrons. The van der Waals surface area contributed by atoms with Crippen LogP contribution in [-0.4, -0.2) is 21.7 Å². The van der Waals surface area contributed by atoms with Crippen LogP contribution in [0.25, 0.3) is 5.69 Å². The fourth-order valence-corrected chi connectivity index (χ4v) is 6.21. The van der Waals surface area contributed by atoms with Gasteiger partial charge in [0.1, 0.15) is 0 Å². The summed E-state index contributed by atoms with van der Waals surface area (Å²) in [6.45, 7) is 0. The number of hydrazone groups is 1. The lowest BCUT2D eigenvalue weighted by atomic mass is 9.49. The number of carbonyl (C=O) groups is 1. The summed E-state index contributed by atoms with van der Waals surface area (Å²) in [5.74, 6) is 2.70. The van der Waals surface area contributed by atoms with Crippen molar-refractivity contribution in [1.29, 1.82) is 0 Å². The second kappa shape index (κ2) is 6.63. The third kappa shape index (κ3) is 3.43. The highest BCUT2D eigenvalue weighted by Crippen LogP contribution is 2.61. The molecule has 0 atom stereocenters.